The maximum Gasteiger partial charge on any atom is 0.254 e. The van der Waals surface area contributed by atoms with Crippen molar-refractivity contribution < 1.29 is 4.79 Å². The highest BCUT2D eigenvalue weighted by Crippen LogP contribution is 2.14. The minimum atomic E-state index is -0.129. The van der Waals surface area contributed by atoms with Crippen molar-refractivity contribution in [3.63, 3.8) is 0 Å². The van der Waals surface area contributed by atoms with Crippen LogP contribution in [-0.4, -0.2) is 28.8 Å². The van der Waals surface area contributed by atoms with Crippen LogP contribution in [0.3, 0.4) is 0 Å². The summed E-state index contributed by atoms with van der Waals surface area (Å²) in [6.45, 7) is 1.26. The van der Waals surface area contributed by atoms with E-state index in [1.54, 1.807) is 29.2 Å². The topological polar surface area (TPSA) is 72.9 Å². The van der Waals surface area contributed by atoms with E-state index in [1.807, 2.05) is 12.1 Å². The minimum absolute atomic E-state index is 0. The van der Waals surface area contributed by atoms with Crippen LogP contribution in [0.4, 0.5) is 0 Å². The lowest BCUT2D eigenvalue weighted by Crippen LogP contribution is -2.24. The molecule has 5 nitrogen and oxygen atoms in total. The fourth-order valence-corrected chi connectivity index (χ4v) is 1.96. The van der Waals surface area contributed by atoms with Gasteiger partial charge in [0.05, 0.1) is 17.4 Å². The number of nitrogens with two attached hydrogens (primary N) is 1. The molecule has 0 radical (unpaired) electrons. The average molecular weight is 329 g/mol. The summed E-state index contributed by atoms with van der Waals surface area (Å²) in [4.78, 5) is 11.9. The van der Waals surface area contributed by atoms with E-state index in [2.05, 4.69) is 10.4 Å². The van der Waals surface area contributed by atoms with Crippen molar-refractivity contribution in [3.8, 4) is 5.69 Å². The van der Waals surface area contributed by atoms with Gasteiger partial charge in [-0.15, -0.1) is 12.4 Å². The Kier molecular flexibility index (Phi) is 7.22. The number of benzene rings is 1. The number of carbonyl (C=O) groups excluding carboxylic acids is 1. The van der Waals surface area contributed by atoms with Crippen LogP contribution in [-0.2, 0) is 0 Å². The molecule has 2 aromatic rings. The third kappa shape index (κ3) is 5.04. The molecular formula is C14H18Cl2N4O. The number of nitrogens with zero attached hydrogens (tertiary/aromatic N) is 2. The number of nitrogens with one attached hydrogen (secondary N) is 1. The molecule has 0 fully saturated rings. The zero-order valence-electron chi connectivity index (χ0n) is 11.5. The van der Waals surface area contributed by atoms with E-state index >= 15 is 0 Å². The van der Waals surface area contributed by atoms with Crippen molar-refractivity contribution in [3.05, 3.63) is 47.2 Å². The van der Waals surface area contributed by atoms with Crippen LogP contribution in [0, 0.1) is 0 Å². The molecule has 21 heavy (non-hydrogen) atoms. The Morgan fingerprint density at radius 3 is 2.90 bits per heavy atom. The summed E-state index contributed by atoms with van der Waals surface area (Å²) in [6, 6.07) is 7.30. The number of hydrogen-bond acceptors (Lipinski definition) is 3. The largest absolute Gasteiger partial charge is 0.352 e. The molecule has 1 aromatic heterocycles. The summed E-state index contributed by atoms with van der Waals surface area (Å²) >= 11 is 5.93. The Balaban J connectivity index is 0.00000220. The van der Waals surface area contributed by atoms with Crippen LogP contribution in [0.25, 0.3) is 5.69 Å². The standard InChI is InChI=1S/C14H17ClN4O.ClH/c15-12-4-3-5-13(8-12)19-10-11(9-18-19)14(20)17-7-2-1-6-16;/h3-5,8-10H,1-2,6-7,16H2,(H,17,20);1H. The van der Waals surface area contributed by atoms with E-state index in [4.69, 9.17) is 17.3 Å². The normalized spacial score (nSPS) is 10.0. The number of aromatic nitrogens is 2. The van der Waals surface area contributed by atoms with Crippen molar-refractivity contribution in [2.75, 3.05) is 13.1 Å². The van der Waals surface area contributed by atoms with E-state index in [0.717, 1.165) is 18.5 Å². The van der Waals surface area contributed by atoms with Crippen LogP contribution >= 0.6 is 24.0 Å². The first-order chi connectivity index (χ1) is 9.70. The van der Waals surface area contributed by atoms with Crippen LogP contribution in [0.15, 0.2) is 36.7 Å². The van der Waals surface area contributed by atoms with Crippen LogP contribution in [0.2, 0.25) is 5.02 Å². The van der Waals surface area contributed by atoms with Gasteiger partial charge in [-0.1, -0.05) is 17.7 Å². The van der Waals surface area contributed by atoms with Gasteiger partial charge in [-0.25, -0.2) is 4.68 Å². The molecule has 0 spiro atoms. The zero-order valence-corrected chi connectivity index (χ0v) is 13.0. The smallest absolute Gasteiger partial charge is 0.254 e. The van der Waals surface area contributed by atoms with Gasteiger partial charge in [0, 0.05) is 17.8 Å². The van der Waals surface area contributed by atoms with Gasteiger partial charge in [0.15, 0.2) is 0 Å². The summed E-state index contributed by atoms with van der Waals surface area (Å²) in [5, 5.41) is 7.64. The molecule has 114 valence electrons. The van der Waals surface area contributed by atoms with Gasteiger partial charge >= 0.3 is 0 Å². The molecule has 1 heterocycles. The van der Waals surface area contributed by atoms with E-state index < -0.39 is 0 Å². The van der Waals surface area contributed by atoms with Gasteiger partial charge < -0.3 is 11.1 Å². The molecule has 3 N–H and O–H groups in total. The Morgan fingerprint density at radius 2 is 2.19 bits per heavy atom. The number of rotatable bonds is 6. The van der Waals surface area contributed by atoms with E-state index in [-0.39, 0.29) is 18.3 Å². The second-order valence-electron chi connectivity index (χ2n) is 4.41. The van der Waals surface area contributed by atoms with Crippen molar-refractivity contribution in [1.29, 1.82) is 0 Å². The lowest BCUT2D eigenvalue weighted by atomic mass is 10.3. The van der Waals surface area contributed by atoms with Gasteiger partial charge in [-0.3, -0.25) is 4.79 Å². The fraction of sp³-hybridized carbons (Fsp3) is 0.286. The second-order valence-corrected chi connectivity index (χ2v) is 4.84. The number of unbranched alkanes of at least 4 members (excludes halogenated alkanes) is 1. The summed E-state index contributed by atoms with van der Waals surface area (Å²) in [5.41, 5.74) is 6.74. The molecule has 7 heteroatoms. The highest BCUT2D eigenvalue weighted by atomic mass is 35.5. The highest BCUT2D eigenvalue weighted by molar-refractivity contribution is 6.30. The summed E-state index contributed by atoms with van der Waals surface area (Å²) in [5.74, 6) is -0.129. The molecule has 0 aliphatic carbocycles. The van der Waals surface area contributed by atoms with Crippen molar-refractivity contribution in [2.45, 2.75) is 12.8 Å². The lowest BCUT2D eigenvalue weighted by Gasteiger charge is -2.02. The predicted octanol–water partition coefficient (Wildman–Crippen LogP) is 2.42. The van der Waals surface area contributed by atoms with Gasteiger partial charge in [-0.05, 0) is 37.6 Å². The number of carbonyl (C=O) groups is 1. The van der Waals surface area contributed by atoms with Crippen molar-refractivity contribution in [2.24, 2.45) is 5.73 Å². The molecule has 0 aliphatic heterocycles. The Morgan fingerprint density at radius 1 is 1.38 bits per heavy atom. The Hall–Kier alpha value is -1.56. The molecule has 0 saturated carbocycles. The Labute approximate surface area is 134 Å². The quantitative estimate of drug-likeness (QED) is 0.800. The first-order valence-corrected chi connectivity index (χ1v) is 6.87. The predicted molar refractivity (Wildman–Crippen MR) is 86.4 cm³/mol. The average Bonchev–Trinajstić information content (AvgIpc) is 2.93. The van der Waals surface area contributed by atoms with Crippen LogP contribution in [0.5, 0.6) is 0 Å². The third-order valence-corrected chi connectivity index (χ3v) is 3.07. The molecular weight excluding hydrogens is 311 g/mol. The zero-order chi connectivity index (χ0) is 14.4. The Bertz CT molecular complexity index is 586. The van der Waals surface area contributed by atoms with Crippen LogP contribution in [0.1, 0.15) is 23.2 Å². The molecule has 0 atom stereocenters. The van der Waals surface area contributed by atoms with Gasteiger partial charge in [0.2, 0.25) is 0 Å². The maximum atomic E-state index is 11.9. The molecule has 0 bridgehead atoms. The van der Waals surface area contributed by atoms with Gasteiger partial charge in [0.25, 0.3) is 5.91 Å². The summed E-state index contributed by atoms with van der Waals surface area (Å²) in [6.07, 6.45) is 5.01. The maximum absolute atomic E-state index is 11.9. The number of hydrogen-bond donors (Lipinski definition) is 2. The van der Waals surface area contributed by atoms with E-state index in [9.17, 15) is 4.79 Å². The monoisotopic (exact) mass is 328 g/mol. The number of halogens is 2. The molecule has 1 aromatic carbocycles. The molecule has 0 unspecified atom stereocenters. The minimum Gasteiger partial charge on any atom is -0.352 e. The van der Waals surface area contributed by atoms with Gasteiger partial charge in [0.1, 0.15) is 0 Å². The highest BCUT2D eigenvalue weighted by Gasteiger charge is 2.08. The van der Waals surface area contributed by atoms with E-state index in [0.29, 0.717) is 23.7 Å². The van der Waals surface area contributed by atoms with Crippen molar-refractivity contribution in [1.82, 2.24) is 15.1 Å². The first-order valence-electron chi connectivity index (χ1n) is 6.49. The third-order valence-electron chi connectivity index (χ3n) is 2.83. The SMILES string of the molecule is Cl.NCCCCNC(=O)c1cnn(-c2cccc(Cl)c2)c1. The second kappa shape index (κ2) is 8.67. The lowest BCUT2D eigenvalue weighted by molar-refractivity contribution is 0.0953. The molecule has 0 aliphatic rings. The van der Waals surface area contributed by atoms with Crippen molar-refractivity contribution >= 4 is 29.9 Å². The first kappa shape index (κ1) is 17.5. The van der Waals surface area contributed by atoms with Gasteiger partial charge in [-0.2, -0.15) is 5.10 Å². The fourth-order valence-electron chi connectivity index (χ4n) is 1.77. The molecule has 2 rings (SSSR count). The van der Waals surface area contributed by atoms with E-state index in [1.165, 1.54) is 0 Å². The molecule has 0 saturated heterocycles. The summed E-state index contributed by atoms with van der Waals surface area (Å²) < 4.78 is 1.63. The van der Waals surface area contributed by atoms with Crippen LogP contribution < -0.4 is 11.1 Å². The number of amides is 1. The molecule has 1 amide bonds. The summed E-state index contributed by atoms with van der Waals surface area (Å²) in [7, 11) is 0.